The zero-order chi connectivity index (χ0) is 10.6. The average Bonchev–Trinajstić information content (AvgIpc) is 2.18. The molecule has 0 aliphatic carbocycles. The Hall–Kier alpha value is -1.15. The maximum atomic E-state index is 11.2. The Kier molecular flexibility index (Phi) is 3.42. The van der Waals surface area contributed by atoms with Gasteiger partial charge in [-0.25, -0.2) is 0 Å². The summed E-state index contributed by atoms with van der Waals surface area (Å²) in [5.74, 6) is 0.0823. The van der Waals surface area contributed by atoms with E-state index in [-0.39, 0.29) is 12.2 Å². The molecular formula is C12H16O2. The van der Waals surface area contributed by atoms with E-state index in [2.05, 4.69) is 0 Å². The lowest BCUT2D eigenvalue weighted by Gasteiger charge is -2.22. The number of hydrogen-bond acceptors (Lipinski definition) is 2. The third-order valence-corrected chi connectivity index (χ3v) is 2.33. The van der Waals surface area contributed by atoms with Crippen LogP contribution in [0.2, 0.25) is 0 Å². The molecule has 0 heterocycles. The molecule has 1 rings (SSSR count). The minimum atomic E-state index is -1.03. The van der Waals surface area contributed by atoms with Crippen LogP contribution in [0.15, 0.2) is 30.3 Å². The quantitative estimate of drug-likeness (QED) is 0.794. The fourth-order valence-corrected chi connectivity index (χ4v) is 1.41. The van der Waals surface area contributed by atoms with Crippen molar-refractivity contribution in [3.8, 4) is 0 Å². The third kappa shape index (κ3) is 2.67. The molecule has 2 nitrogen and oxygen atoms in total. The van der Waals surface area contributed by atoms with Crippen LogP contribution in [0, 0.1) is 0 Å². The van der Waals surface area contributed by atoms with Gasteiger partial charge in [-0.15, -0.1) is 0 Å². The van der Waals surface area contributed by atoms with Crippen molar-refractivity contribution in [1.82, 2.24) is 0 Å². The Bertz CT molecular complexity index is 301. The maximum absolute atomic E-state index is 11.2. The highest BCUT2D eigenvalue weighted by molar-refractivity contribution is 5.79. The zero-order valence-corrected chi connectivity index (χ0v) is 8.66. The van der Waals surface area contributed by atoms with Gasteiger partial charge in [-0.3, -0.25) is 4.79 Å². The molecule has 0 spiro atoms. The number of carbonyl (C=O) groups excluding carboxylic acids is 1. The second kappa shape index (κ2) is 4.38. The molecule has 0 amide bonds. The number of carbonyl (C=O) groups is 1. The summed E-state index contributed by atoms with van der Waals surface area (Å²) in [5.41, 5.74) is -0.240. The zero-order valence-electron chi connectivity index (χ0n) is 8.66. The van der Waals surface area contributed by atoms with Crippen LogP contribution in [-0.4, -0.2) is 10.9 Å². The topological polar surface area (TPSA) is 37.3 Å². The van der Waals surface area contributed by atoms with E-state index in [1.807, 2.05) is 37.3 Å². The van der Waals surface area contributed by atoms with Gasteiger partial charge in [-0.05, 0) is 12.5 Å². The normalized spacial score (nSPS) is 14.8. The Balaban J connectivity index is 2.80. The molecule has 0 saturated carbocycles. The first kappa shape index (κ1) is 10.9. The van der Waals surface area contributed by atoms with E-state index in [1.54, 1.807) is 6.92 Å². The van der Waals surface area contributed by atoms with Gasteiger partial charge in [-0.2, -0.15) is 0 Å². The molecule has 0 bridgehead atoms. The first-order valence-electron chi connectivity index (χ1n) is 4.86. The lowest BCUT2D eigenvalue weighted by Crippen LogP contribution is -2.24. The van der Waals surface area contributed by atoms with Crippen molar-refractivity contribution in [2.75, 3.05) is 0 Å². The molecule has 2 heteroatoms. The molecule has 76 valence electrons. The molecule has 1 atom stereocenters. The number of rotatable bonds is 4. The number of aliphatic hydroxyl groups is 1. The number of Topliss-reactive ketones (excluding diaryl/α,β-unsaturated/α-hetero) is 1. The van der Waals surface area contributed by atoms with Crippen LogP contribution in [0.25, 0.3) is 0 Å². The molecule has 0 aromatic heterocycles. The first-order chi connectivity index (χ1) is 6.56. The Morgan fingerprint density at radius 2 is 1.93 bits per heavy atom. The van der Waals surface area contributed by atoms with E-state index in [0.717, 1.165) is 5.56 Å². The lowest BCUT2D eigenvalue weighted by molar-refractivity contribution is -0.123. The molecule has 1 aromatic rings. The van der Waals surface area contributed by atoms with Crippen LogP contribution >= 0.6 is 0 Å². The van der Waals surface area contributed by atoms with Gasteiger partial charge in [0.25, 0.3) is 0 Å². The van der Waals surface area contributed by atoms with E-state index < -0.39 is 5.60 Å². The fourth-order valence-electron chi connectivity index (χ4n) is 1.41. The van der Waals surface area contributed by atoms with Crippen LogP contribution in [0.1, 0.15) is 32.3 Å². The molecular weight excluding hydrogens is 176 g/mol. The molecule has 0 fully saturated rings. The molecule has 0 aliphatic heterocycles. The van der Waals surface area contributed by atoms with E-state index in [1.165, 1.54) is 0 Å². The number of ketones is 1. The monoisotopic (exact) mass is 192 g/mol. The number of hydrogen-bond donors (Lipinski definition) is 1. The van der Waals surface area contributed by atoms with Crippen molar-refractivity contribution < 1.29 is 9.90 Å². The van der Waals surface area contributed by atoms with Crippen LogP contribution in [0.4, 0.5) is 0 Å². The van der Waals surface area contributed by atoms with Gasteiger partial charge in [-0.1, -0.05) is 37.3 Å². The second-order valence-corrected chi connectivity index (χ2v) is 3.71. The van der Waals surface area contributed by atoms with E-state index in [0.29, 0.717) is 6.42 Å². The van der Waals surface area contributed by atoms with Crippen molar-refractivity contribution in [2.24, 2.45) is 0 Å². The third-order valence-electron chi connectivity index (χ3n) is 2.33. The van der Waals surface area contributed by atoms with Gasteiger partial charge in [0, 0.05) is 12.8 Å². The molecule has 1 aromatic carbocycles. The van der Waals surface area contributed by atoms with Crippen molar-refractivity contribution >= 4 is 5.78 Å². The Morgan fingerprint density at radius 1 is 1.36 bits per heavy atom. The molecule has 0 unspecified atom stereocenters. The van der Waals surface area contributed by atoms with Crippen LogP contribution < -0.4 is 0 Å². The number of benzene rings is 1. The molecule has 1 N–H and O–H groups in total. The van der Waals surface area contributed by atoms with Gasteiger partial charge in [0.2, 0.25) is 0 Å². The highest BCUT2D eigenvalue weighted by atomic mass is 16.3. The van der Waals surface area contributed by atoms with Crippen molar-refractivity contribution in [2.45, 2.75) is 32.3 Å². The van der Waals surface area contributed by atoms with E-state index >= 15 is 0 Å². The van der Waals surface area contributed by atoms with Gasteiger partial charge < -0.3 is 5.11 Å². The van der Waals surface area contributed by atoms with Crippen LogP contribution in [-0.2, 0) is 10.4 Å². The SMILES string of the molecule is CCC(=O)C[C@](C)(O)c1ccccc1. The van der Waals surface area contributed by atoms with Gasteiger partial charge >= 0.3 is 0 Å². The summed E-state index contributed by atoms with van der Waals surface area (Å²) in [6, 6.07) is 9.29. The van der Waals surface area contributed by atoms with Gasteiger partial charge in [0.1, 0.15) is 5.78 Å². The summed E-state index contributed by atoms with van der Waals surface area (Å²) in [6.07, 6.45) is 0.663. The summed E-state index contributed by atoms with van der Waals surface area (Å²) < 4.78 is 0. The Labute approximate surface area is 84.6 Å². The highest BCUT2D eigenvalue weighted by Gasteiger charge is 2.25. The molecule has 0 saturated heterocycles. The van der Waals surface area contributed by atoms with Crippen LogP contribution in [0.3, 0.4) is 0 Å². The summed E-state index contributed by atoms with van der Waals surface area (Å²) in [5, 5.41) is 10.1. The molecule has 0 radical (unpaired) electrons. The maximum Gasteiger partial charge on any atom is 0.135 e. The fraction of sp³-hybridized carbons (Fsp3) is 0.417. The summed E-state index contributed by atoms with van der Waals surface area (Å²) in [6.45, 7) is 3.49. The predicted octanol–water partition coefficient (Wildman–Crippen LogP) is 2.26. The Morgan fingerprint density at radius 3 is 2.43 bits per heavy atom. The average molecular weight is 192 g/mol. The smallest absolute Gasteiger partial charge is 0.135 e. The van der Waals surface area contributed by atoms with Crippen molar-refractivity contribution in [1.29, 1.82) is 0 Å². The van der Waals surface area contributed by atoms with Gasteiger partial charge in [0.05, 0.1) is 5.60 Å². The summed E-state index contributed by atoms with van der Waals surface area (Å²) >= 11 is 0. The lowest BCUT2D eigenvalue weighted by atomic mass is 9.90. The second-order valence-electron chi connectivity index (χ2n) is 3.71. The minimum Gasteiger partial charge on any atom is -0.385 e. The molecule has 14 heavy (non-hydrogen) atoms. The van der Waals surface area contributed by atoms with Crippen molar-refractivity contribution in [3.05, 3.63) is 35.9 Å². The molecule has 0 aliphatic rings. The largest absolute Gasteiger partial charge is 0.385 e. The summed E-state index contributed by atoms with van der Waals surface area (Å²) in [4.78, 5) is 11.2. The van der Waals surface area contributed by atoms with E-state index in [9.17, 15) is 9.90 Å². The van der Waals surface area contributed by atoms with Crippen LogP contribution in [0.5, 0.6) is 0 Å². The first-order valence-corrected chi connectivity index (χ1v) is 4.86. The standard InChI is InChI=1S/C12H16O2/c1-3-11(13)9-12(2,14)10-7-5-4-6-8-10/h4-8,14H,3,9H2,1-2H3/t12-/m0/s1. The highest BCUT2D eigenvalue weighted by Crippen LogP contribution is 2.24. The van der Waals surface area contributed by atoms with E-state index in [4.69, 9.17) is 0 Å². The predicted molar refractivity (Wildman–Crippen MR) is 55.9 cm³/mol. The minimum absolute atomic E-state index is 0.0823. The van der Waals surface area contributed by atoms with Gasteiger partial charge in [0.15, 0.2) is 0 Å². The van der Waals surface area contributed by atoms with Crippen molar-refractivity contribution in [3.63, 3.8) is 0 Å². The summed E-state index contributed by atoms with van der Waals surface area (Å²) in [7, 11) is 0.